The summed E-state index contributed by atoms with van der Waals surface area (Å²) in [7, 11) is 1.65. The van der Waals surface area contributed by atoms with Gasteiger partial charge in [-0.3, -0.25) is 9.59 Å². The number of ether oxygens (including phenoxy) is 1. The molecule has 0 aromatic heterocycles. The second kappa shape index (κ2) is 8.08. The van der Waals surface area contributed by atoms with Crippen molar-refractivity contribution in [2.24, 2.45) is 5.92 Å². The molecule has 7 heteroatoms. The van der Waals surface area contributed by atoms with Gasteiger partial charge >= 0.3 is 5.97 Å². The summed E-state index contributed by atoms with van der Waals surface area (Å²) in [6.07, 6.45) is 1.17. The number of benzene rings is 1. The molecule has 2 rings (SSSR count). The highest BCUT2D eigenvalue weighted by Crippen LogP contribution is 2.20. The third kappa shape index (κ3) is 4.43. The summed E-state index contributed by atoms with van der Waals surface area (Å²) in [5.74, 6) is -2.33. The highest BCUT2D eigenvalue weighted by Gasteiger charge is 2.28. The van der Waals surface area contributed by atoms with Gasteiger partial charge < -0.3 is 14.5 Å². The van der Waals surface area contributed by atoms with E-state index in [1.54, 1.807) is 23.8 Å². The number of carbonyl (C=O) groups excluding carboxylic acids is 2. The Morgan fingerprint density at radius 1 is 1.25 bits per heavy atom. The van der Waals surface area contributed by atoms with Crippen LogP contribution in [0.15, 0.2) is 18.2 Å². The molecule has 24 heavy (non-hydrogen) atoms. The molecule has 0 aliphatic carbocycles. The molecule has 1 aromatic carbocycles. The van der Waals surface area contributed by atoms with Crippen LogP contribution in [0.4, 0.5) is 14.5 Å². The molecule has 0 saturated carbocycles. The van der Waals surface area contributed by atoms with Crippen molar-refractivity contribution in [3.8, 4) is 0 Å². The number of likely N-dealkylation sites (N-methyl/N-ethyl adjacent to an activating group) is 1. The normalized spacial score (nSPS) is 15.2. The summed E-state index contributed by atoms with van der Waals surface area (Å²) < 4.78 is 31.2. The molecule has 0 radical (unpaired) electrons. The van der Waals surface area contributed by atoms with E-state index in [1.807, 2.05) is 0 Å². The number of nitrogens with zero attached hydrogens (tertiary/aromatic N) is 2. The van der Waals surface area contributed by atoms with Crippen LogP contribution in [0, 0.1) is 17.6 Å². The smallest absolute Gasteiger partial charge is 0.309 e. The topological polar surface area (TPSA) is 49.9 Å². The van der Waals surface area contributed by atoms with Crippen molar-refractivity contribution in [1.82, 2.24) is 4.90 Å². The van der Waals surface area contributed by atoms with E-state index in [9.17, 15) is 18.4 Å². The Bertz CT molecular complexity index is 601. The molecule has 0 atom stereocenters. The van der Waals surface area contributed by atoms with Crippen LogP contribution >= 0.6 is 0 Å². The molecule has 1 heterocycles. The predicted molar refractivity (Wildman–Crippen MR) is 85.6 cm³/mol. The molecule has 1 fully saturated rings. The van der Waals surface area contributed by atoms with Crippen molar-refractivity contribution in [2.45, 2.75) is 19.8 Å². The lowest BCUT2D eigenvalue weighted by atomic mass is 9.97. The maximum Gasteiger partial charge on any atom is 0.309 e. The third-order valence-corrected chi connectivity index (χ3v) is 4.18. The Kier molecular flexibility index (Phi) is 6.11. The standard InChI is InChI=1S/C17H22F2N2O3/c1-3-24-17(23)12-6-8-21(9-7-12)16(22)11-20(2)13-4-5-14(18)15(19)10-13/h4-5,10,12H,3,6-9,11H2,1-2H3. The summed E-state index contributed by atoms with van der Waals surface area (Å²) in [6, 6.07) is 3.53. The molecule has 1 saturated heterocycles. The van der Waals surface area contributed by atoms with Gasteiger partial charge in [0.05, 0.1) is 19.1 Å². The zero-order valence-corrected chi connectivity index (χ0v) is 13.9. The maximum atomic E-state index is 13.3. The molecular weight excluding hydrogens is 318 g/mol. The van der Waals surface area contributed by atoms with E-state index in [0.717, 1.165) is 12.1 Å². The van der Waals surface area contributed by atoms with Crippen LogP contribution < -0.4 is 4.90 Å². The number of carbonyl (C=O) groups is 2. The average molecular weight is 340 g/mol. The molecular formula is C17H22F2N2O3. The Hall–Kier alpha value is -2.18. The summed E-state index contributed by atoms with van der Waals surface area (Å²) in [5, 5.41) is 0. The van der Waals surface area contributed by atoms with Gasteiger partial charge in [-0.15, -0.1) is 0 Å². The minimum absolute atomic E-state index is 0.0646. The van der Waals surface area contributed by atoms with Gasteiger partial charge in [0.15, 0.2) is 11.6 Å². The lowest BCUT2D eigenvalue weighted by Crippen LogP contribution is -2.44. The summed E-state index contributed by atoms with van der Waals surface area (Å²) in [4.78, 5) is 27.3. The van der Waals surface area contributed by atoms with Crippen molar-refractivity contribution < 1.29 is 23.1 Å². The fourth-order valence-electron chi connectivity index (χ4n) is 2.74. The first-order chi connectivity index (χ1) is 11.4. The lowest BCUT2D eigenvalue weighted by Gasteiger charge is -2.32. The number of piperidine rings is 1. The van der Waals surface area contributed by atoms with E-state index in [2.05, 4.69) is 0 Å². The molecule has 0 N–H and O–H groups in total. The maximum absolute atomic E-state index is 13.3. The second-order valence-corrected chi connectivity index (χ2v) is 5.86. The lowest BCUT2D eigenvalue weighted by molar-refractivity contribution is -0.151. The Morgan fingerprint density at radius 3 is 2.50 bits per heavy atom. The van der Waals surface area contributed by atoms with Crippen molar-refractivity contribution >= 4 is 17.6 Å². The molecule has 1 aliphatic rings. The predicted octanol–water partition coefficient (Wildman–Crippen LogP) is 2.20. The van der Waals surface area contributed by atoms with Crippen LogP contribution in [0.3, 0.4) is 0 Å². The number of anilines is 1. The van der Waals surface area contributed by atoms with Gasteiger partial charge in [-0.25, -0.2) is 8.78 Å². The number of amides is 1. The zero-order chi connectivity index (χ0) is 17.7. The zero-order valence-electron chi connectivity index (χ0n) is 13.9. The van der Waals surface area contributed by atoms with Crippen molar-refractivity contribution in [2.75, 3.05) is 38.2 Å². The largest absolute Gasteiger partial charge is 0.466 e. The highest BCUT2D eigenvalue weighted by atomic mass is 19.2. The second-order valence-electron chi connectivity index (χ2n) is 5.86. The third-order valence-electron chi connectivity index (χ3n) is 4.18. The number of likely N-dealkylation sites (tertiary alicyclic amines) is 1. The van der Waals surface area contributed by atoms with E-state index >= 15 is 0 Å². The van der Waals surface area contributed by atoms with Crippen LogP contribution in [0.2, 0.25) is 0 Å². The summed E-state index contributed by atoms with van der Waals surface area (Å²) in [6.45, 7) is 3.18. The van der Waals surface area contributed by atoms with Crippen LogP contribution in [0.1, 0.15) is 19.8 Å². The van der Waals surface area contributed by atoms with Gasteiger partial charge in [0, 0.05) is 31.9 Å². The first-order valence-corrected chi connectivity index (χ1v) is 8.03. The number of esters is 1. The highest BCUT2D eigenvalue weighted by molar-refractivity contribution is 5.82. The van der Waals surface area contributed by atoms with Crippen molar-refractivity contribution in [3.05, 3.63) is 29.8 Å². The molecule has 0 unspecified atom stereocenters. The van der Waals surface area contributed by atoms with E-state index in [0.29, 0.717) is 38.2 Å². The summed E-state index contributed by atoms with van der Waals surface area (Å²) in [5.41, 5.74) is 0.434. The molecule has 1 aliphatic heterocycles. The Labute approximate surface area is 140 Å². The minimum Gasteiger partial charge on any atom is -0.466 e. The van der Waals surface area contributed by atoms with Gasteiger partial charge in [0.25, 0.3) is 0 Å². The fraction of sp³-hybridized carbons (Fsp3) is 0.529. The minimum atomic E-state index is -0.943. The van der Waals surface area contributed by atoms with E-state index in [-0.39, 0.29) is 24.3 Å². The molecule has 1 amide bonds. The average Bonchev–Trinajstić information content (AvgIpc) is 2.57. The van der Waals surface area contributed by atoms with Crippen LogP contribution in [0.5, 0.6) is 0 Å². The summed E-state index contributed by atoms with van der Waals surface area (Å²) >= 11 is 0. The van der Waals surface area contributed by atoms with E-state index in [1.165, 1.54) is 6.07 Å². The molecule has 0 bridgehead atoms. The first-order valence-electron chi connectivity index (χ1n) is 8.03. The monoisotopic (exact) mass is 340 g/mol. The quantitative estimate of drug-likeness (QED) is 0.771. The van der Waals surface area contributed by atoms with E-state index < -0.39 is 11.6 Å². The number of rotatable bonds is 5. The molecule has 0 spiro atoms. The first kappa shape index (κ1) is 18.2. The number of hydrogen-bond acceptors (Lipinski definition) is 4. The fourth-order valence-corrected chi connectivity index (χ4v) is 2.74. The van der Waals surface area contributed by atoms with Crippen molar-refractivity contribution in [3.63, 3.8) is 0 Å². The molecule has 5 nitrogen and oxygen atoms in total. The van der Waals surface area contributed by atoms with Crippen LogP contribution in [-0.2, 0) is 14.3 Å². The van der Waals surface area contributed by atoms with Gasteiger partial charge in [-0.1, -0.05) is 0 Å². The molecule has 132 valence electrons. The van der Waals surface area contributed by atoms with Gasteiger partial charge in [-0.05, 0) is 31.9 Å². The van der Waals surface area contributed by atoms with Gasteiger partial charge in [0.1, 0.15) is 0 Å². The Morgan fingerprint density at radius 2 is 1.92 bits per heavy atom. The molecule has 1 aromatic rings. The SMILES string of the molecule is CCOC(=O)C1CCN(C(=O)CN(C)c2ccc(F)c(F)c2)CC1. The van der Waals surface area contributed by atoms with Gasteiger partial charge in [0.2, 0.25) is 5.91 Å². The van der Waals surface area contributed by atoms with Crippen molar-refractivity contribution in [1.29, 1.82) is 0 Å². The number of halogens is 2. The van der Waals surface area contributed by atoms with Gasteiger partial charge in [-0.2, -0.15) is 0 Å². The van der Waals surface area contributed by atoms with Crippen LogP contribution in [-0.4, -0.2) is 50.1 Å². The number of hydrogen-bond donors (Lipinski definition) is 0. The Balaban J connectivity index is 1.87. The van der Waals surface area contributed by atoms with Crippen LogP contribution in [0.25, 0.3) is 0 Å². The van der Waals surface area contributed by atoms with E-state index in [4.69, 9.17) is 4.74 Å².